The summed E-state index contributed by atoms with van der Waals surface area (Å²) in [6.45, 7) is 4.73. The molecule has 1 fully saturated rings. The largest absolute Gasteiger partial charge is 0.550 e. The van der Waals surface area contributed by atoms with Crippen LogP contribution in [-0.2, 0) is 14.3 Å². The lowest BCUT2D eigenvalue weighted by Crippen LogP contribution is -2.45. The predicted molar refractivity (Wildman–Crippen MR) is 66.7 cm³/mol. The third-order valence-corrected chi connectivity index (χ3v) is 3.82. The van der Waals surface area contributed by atoms with Gasteiger partial charge in [0.1, 0.15) is 0 Å². The maximum Gasteiger partial charge on any atom is 0.224 e. The van der Waals surface area contributed by atoms with Gasteiger partial charge in [-0.15, -0.1) is 6.58 Å². The molecule has 0 aromatic heterocycles. The lowest BCUT2D eigenvalue weighted by atomic mass is 9.82. The Morgan fingerprint density at radius 3 is 2.68 bits per heavy atom. The van der Waals surface area contributed by atoms with E-state index in [-0.39, 0.29) is 17.7 Å². The highest BCUT2D eigenvalue weighted by atomic mass is 16.5. The summed E-state index contributed by atoms with van der Waals surface area (Å²) in [4.78, 5) is 23.2. The van der Waals surface area contributed by atoms with Gasteiger partial charge in [-0.25, -0.2) is 0 Å². The maximum absolute atomic E-state index is 12.1. The Kier molecular flexibility index (Phi) is 4.37. The zero-order valence-electron chi connectivity index (χ0n) is 10.7. The minimum Gasteiger partial charge on any atom is -0.550 e. The summed E-state index contributed by atoms with van der Waals surface area (Å²) >= 11 is 0. The molecule has 5 heteroatoms. The number of fused-ring (bicyclic) bond motifs is 2. The van der Waals surface area contributed by atoms with E-state index in [0.29, 0.717) is 19.8 Å². The molecule has 5 nitrogen and oxygen atoms in total. The van der Waals surface area contributed by atoms with Crippen LogP contribution in [0, 0.1) is 23.7 Å². The van der Waals surface area contributed by atoms with Crippen molar-refractivity contribution in [3.8, 4) is 0 Å². The molecule has 2 aliphatic rings. The fourth-order valence-corrected chi connectivity index (χ4v) is 3.03. The molecule has 0 heterocycles. The molecule has 0 radical (unpaired) electrons. The van der Waals surface area contributed by atoms with E-state index >= 15 is 0 Å². The van der Waals surface area contributed by atoms with Crippen LogP contribution in [0.3, 0.4) is 0 Å². The minimum atomic E-state index is -1.13. The van der Waals surface area contributed by atoms with Crippen molar-refractivity contribution in [2.45, 2.75) is 6.42 Å². The smallest absolute Gasteiger partial charge is 0.224 e. The van der Waals surface area contributed by atoms with Crippen LogP contribution in [0.4, 0.5) is 0 Å². The van der Waals surface area contributed by atoms with Gasteiger partial charge in [-0.05, 0) is 18.3 Å². The van der Waals surface area contributed by atoms with Crippen LogP contribution in [-0.4, -0.2) is 31.6 Å². The molecule has 0 aliphatic heterocycles. The van der Waals surface area contributed by atoms with E-state index in [1.807, 2.05) is 12.2 Å². The molecule has 0 unspecified atom stereocenters. The molecule has 2 rings (SSSR count). The van der Waals surface area contributed by atoms with Crippen molar-refractivity contribution in [2.75, 3.05) is 19.8 Å². The third kappa shape index (κ3) is 2.87. The highest BCUT2D eigenvalue weighted by Crippen LogP contribution is 2.47. The quantitative estimate of drug-likeness (QED) is 0.496. The Morgan fingerprint density at radius 1 is 1.37 bits per heavy atom. The van der Waals surface area contributed by atoms with E-state index in [2.05, 4.69) is 11.9 Å². The number of hydrogen-bond donors (Lipinski definition) is 1. The minimum absolute atomic E-state index is 0.0296. The molecule has 2 aliphatic carbocycles. The number of carbonyl (C=O) groups excluding carboxylic acids is 2. The number of carboxylic acid groups (broad SMARTS) is 1. The van der Waals surface area contributed by atoms with Gasteiger partial charge in [0.15, 0.2) is 0 Å². The molecule has 1 amide bonds. The summed E-state index contributed by atoms with van der Waals surface area (Å²) < 4.78 is 5.16. The average Bonchev–Trinajstić information content (AvgIpc) is 2.98. The molecule has 1 saturated carbocycles. The first-order valence-corrected chi connectivity index (χ1v) is 6.50. The van der Waals surface area contributed by atoms with Crippen molar-refractivity contribution in [3.05, 3.63) is 24.8 Å². The number of aliphatic carboxylic acids is 1. The van der Waals surface area contributed by atoms with Gasteiger partial charge in [-0.1, -0.05) is 18.2 Å². The Labute approximate surface area is 112 Å². The molecule has 4 atom stereocenters. The number of allylic oxidation sites excluding steroid dienone is 2. The molecule has 2 bridgehead atoms. The van der Waals surface area contributed by atoms with Crippen LogP contribution in [0.25, 0.3) is 0 Å². The van der Waals surface area contributed by atoms with Crippen molar-refractivity contribution in [1.29, 1.82) is 0 Å². The van der Waals surface area contributed by atoms with Gasteiger partial charge < -0.3 is 20.0 Å². The zero-order valence-corrected chi connectivity index (χ0v) is 10.7. The molecule has 104 valence electrons. The summed E-state index contributed by atoms with van der Waals surface area (Å²) in [5.74, 6) is -2.55. The zero-order chi connectivity index (χ0) is 13.8. The summed E-state index contributed by atoms with van der Waals surface area (Å²) in [6, 6.07) is 0. The molecule has 0 spiro atoms. The molecular formula is C14H18NO4-. The van der Waals surface area contributed by atoms with Crippen molar-refractivity contribution < 1.29 is 19.4 Å². The maximum atomic E-state index is 12.1. The van der Waals surface area contributed by atoms with Crippen LogP contribution in [0.15, 0.2) is 24.8 Å². The second-order valence-electron chi connectivity index (χ2n) is 4.97. The average molecular weight is 264 g/mol. The topological polar surface area (TPSA) is 78.5 Å². The van der Waals surface area contributed by atoms with Gasteiger partial charge in [0.2, 0.25) is 5.91 Å². The second kappa shape index (κ2) is 6.02. The summed E-state index contributed by atoms with van der Waals surface area (Å²) in [5.41, 5.74) is 0. The number of carboxylic acids is 1. The number of nitrogens with one attached hydrogen (secondary N) is 1. The van der Waals surface area contributed by atoms with E-state index in [4.69, 9.17) is 4.74 Å². The van der Waals surface area contributed by atoms with Gasteiger partial charge in [0.05, 0.1) is 19.1 Å². The van der Waals surface area contributed by atoms with Crippen molar-refractivity contribution in [2.24, 2.45) is 23.7 Å². The van der Waals surface area contributed by atoms with E-state index in [9.17, 15) is 14.7 Å². The molecule has 0 aromatic carbocycles. The van der Waals surface area contributed by atoms with E-state index < -0.39 is 17.8 Å². The van der Waals surface area contributed by atoms with Gasteiger partial charge in [0, 0.05) is 18.4 Å². The van der Waals surface area contributed by atoms with Crippen molar-refractivity contribution in [1.82, 2.24) is 5.32 Å². The lowest BCUT2D eigenvalue weighted by molar-refractivity contribution is -0.313. The van der Waals surface area contributed by atoms with Crippen LogP contribution >= 0.6 is 0 Å². The second-order valence-corrected chi connectivity index (χ2v) is 4.97. The van der Waals surface area contributed by atoms with E-state index in [1.54, 1.807) is 6.08 Å². The number of rotatable bonds is 7. The number of amides is 1. The summed E-state index contributed by atoms with van der Waals surface area (Å²) in [7, 11) is 0. The van der Waals surface area contributed by atoms with E-state index in [0.717, 1.165) is 6.42 Å². The van der Waals surface area contributed by atoms with E-state index in [1.165, 1.54) is 0 Å². The van der Waals surface area contributed by atoms with Crippen molar-refractivity contribution in [3.63, 3.8) is 0 Å². The van der Waals surface area contributed by atoms with Gasteiger partial charge in [0.25, 0.3) is 0 Å². The van der Waals surface area contributed by atoms with Gasteiger partial charge >= 0.3 is 0 Å². The highest BCUT2D eigenvalue weighted by molar-refractivity contribution is 5.86. The molecule has 0 saturated heterocycles. The summed E-state index contributed by atoms with van der Waals surface area (Å²) in [5, 5.41) is 13.9. The predicted octanol–water partition coefficient (Wildman–Crippen LogP) is -0.507. The molecule has 19 heavy (non-hydrogen) atoms. The van der Waals surface area contributed by atoms with Crippen LogP contribution in [0.2, 0.25) is 0 Å². The normalized spacial score (nSPS) is 31.4. The summed E-state index contributed by atoms with van der Waals surface area (Å²) in [6.07, 6.45) is 6.21. The Bertz CT molecular complexity index is 404. The first-order chi connectivity index (χ1) is 9.15. The Hall–Kier alpha value is -1.62. The van der Waals surface area contributed by atoms with Crippen LogP contribution in [0.1, 0.15) is 6.42 Å². The lowest BCUT2D eigenvalue weighted by Gasteiger charge is -2.27. The standard InChI is InChI=1S/C14H19NO4/c1-2-6-19-7-5-15-13(16)11-9-3-4-10(8-9)12(11)14(17)18/h2-4,9-12H,1,5-8H2,(H,15,16)(H,17,18)/p-1/t9-,10+,11+,12-/m0/s1. The number of hydrogen-bond acceptors (Lipinski definition) is 4. The third-order valence-electron chi connectivity index (χ3n) is 3.82. The highest BCUT2D eigenvalue weighted by Gasteiger charge is 2.48. The first kappa shape index (κ1) is 13.8. The number of ether oxygens (including phenoxy) is 1. The van der Waals surface area contributed by atoms with Crippen LogP contribution < -0.4 is 10.4 Å². The van der Waals surface area contributed by atoms with Gasteiger partial charge in [-0.2, -0.15) is 0 Å². The van der Waals surface area contributed by atoms with Crippen molar-refractivity contribution >= 4 is 11.9 Å². The SMILES string of the molecule is C=CCOCCNC(=O)[C@H]1[C@@H](C(=O)[O-])[C@@H]2C=C[C@H]1C2. The van der Waals surface area contributed by atoms with Gasteiger partial charge in [-0.3, -0.25) is 4.79 Å². The fraction of sp³-hybridized carbons (Fsp3) is 0.571. The molecule has 0 aromatic rings. The Morgan fingerprint density at radius 2 is 2.05 bits per heavy atom. The first-order valence-electron chi connectivity index (χ1n) is 6.50. The molecule has 1 N–H and O–H groups in total. The fourth-order valence-electron chi connectivity index (χ4n) is 3.03. The molecular weight excluding hydrogens is 246 g/mol. The number of carbonyl (C=O) groups is 2. The monoisotopic (exact) mass is 264 g/mol. The van der Waals surface area contributed by atoms with Crippen LogP contribution in [0.5, 0.6) is 0 Å². The Balaban J connectivity index is 1.86.